The second-order valence-electron chi connectivity index (χ2n) is 5.67. The van der Waals surface area contributed by atoms with Crippen molar-refractivity contribution in [2.24, 2.45) is 5.73 Å². The summed E-state index contributed by atoms with van der Waals surface area (Å²) >= 11 is 0. The average molecular weight is 276 g/mol. The summed E-state index contributed by atoms with van der Waals surface area (Å²) in [7, 11) is 0. The molecule has 1 saturated heterocycles. The lowest BCUT2D eigenvalue weighted by Gasteiger charge is -2.26. The predicted molar refractivity (Wildman–Crippen MR) is 78.5 cm³/mol. The summed E-state index contributed by atoms with van der Waals surface area (Å²) in [4.78, 5) is 2.48. The maximum Gasteiger partial charge on any atom is 0.0824 e. The Labute approximate surface area is 120 Å². The fourth-order valence-corrected chi connectivity index (χ4v) is 3.15. The van der Waals surface area contributed by atoms with Crippen LogP contribution in [0.15, 0.2) is 18.2 Å². The van der Waals surface area contributed by atoms with E-state index in [0.717, 1.165) is 52.3 Å². The molecule has 0 aliphatic carbocycles. The van der Waals surface area contributed by atoms with E-state index in [1.807, 2.05) is 0 Å². The van der Waals surface area contributed by atoms with Crippen molar-refractivity contribution < 1.29 is 9.47 Å². The normalized spacial score (nSPS) is 24.1. The first-order valence-corrected chi connectivity index (χ1v) is 7.58. The second kappa shape index (κ2) is 6.68. The molecule has 2 heterocycles. The summed E-state index contributed by atoms with van der Waals surface area (Å²) < 4.78 is 11.3. The van der Waals surface area contributed by atoms with Gasteiger partial charge in [0.1, 0.15) is 0 Å². The smallest absolute Gasteiger partial charge is 0.0824 e. The minimum atomic E-state index is 0.181. The zero-order valence-corrected chi connectivity index (χ0v) is 12.0. The highest BCUT2D eigenvalue weighted by Crippen LogP contribution is 2.22. The van der Waals surface area contributed by atoms with Gasteiger partial charge in [0.15, 0.2) is 0 Å². The quantitative estimate of drug-likeness (QED) is 0.904. The molecular weight excluding hydrogens is 252 g/mol. The van der Waals surface area contributed by atoms with Gasteiger partial charge in [-0.15, -0.1) is 0 Å². The maximum absolute atomic E-state index is 5.77. The molecule has 3 rings (SSSR count). The minimum absolute atomic E-state index is 0.181. The molecule has 110 valence electrons. The van der Waals surface area contributed by atoms with Crippen molar-refractivity contribution in [2.75, 3.05) is 32.8 Å². The Bertz CT molecular complexity index is 450. The third-order valence-corrected chi connectivity index (χ3v) is 4.21. The number of rotatable bonds is 3. The van der Waals surface area contributed by atoms with E-state index in [2.05, 4.69) is 23.1 Å². The van der Waals surface area contributed by atoms with E-state index in [0.29, 0.717) is 6.54 Å². The Kier molecular flexibility index (Phi) is 4.68. The topological polar surface area (TPSA) is 47.7 Å². The summed E-state index contributed by atoms with van der Waals surface area (Å²) in [6.07, 6.45) is 2.31. The van der Waals surface area contributed by atoms with Crippen molar-refractivity contribution >= 4 is 0 Å². The molecule has 1 fully saturated rings. The van der Waals surface area contributed by atoms with Crippen molar-refractivity contribution in [3.8, 4) is 0 Å². The lowest BCUT2D eigenvalue weighted by atomic mass is 9.97. The van der Waals surface area contributed by atoms with E-state index in [4.69, 9.17) is 15.2 Å². The van der Waals surface area contributed by atoms with E-state index in [1.54, 1.807) is 0 Å². The summed E-state index contributed by atoms with van der Waals surface area (Å²) in [5, 5.41) is 0. The fourth-order valence-electron chi connectivity index (χ4n) is 3.15. The predicted octanol–water partition coefficient (Wildman–Crippen LogP) is 1.31. The molecule has 0 bridgehead atoms. The Hall–Kier alpha value is -0.940. The number of hydrogen-bond donors (Lipinski definition) is 1. The van der Waals surface area contributed by atoms with Crippen LogP contribution in [0.2, 0.25) is 0 Å². The van der Waals surface area contributed by atoms with Crippen molar-refractivity contribution in [3.63, 3.8) is 0 Å². The molecule has 1 aromatic rings. The molecule has 20 heavy (non-hydrogen) atoms. The van der Waals surface area contributed by atoms with Gasteiger partial charge in [0.25, 0.3) is 0 Å². The third-order valence-electron chi connectivity index (χ3n) is 4.21. The van der Waals surface area contributed by atoms with Crippen LogP contribution in [0, 0.1) is 0 Å². The van der Waals surface area contributed by atoms with E-state index < -0.39 is 0 Å². The molecular formula is C16H24N2O2. The van der Waals surface area contributed by atoms with Gasteiger partial charge in [-0.25, -0.2) is 0 Å². The van der Waals surface area contributed by atoms with Gasteiger partial charge in [-0.2, -0.15) is 0 Å². The first-order chi connectivity index (χ1) is 9.86. The van der Waals surface area contributed by atoms with Gasteiger partial charge in [-0.1, -0.05) is 18.2 Å². The number of ether oxygens (including phenoxy) is 2. The van der Waals surface area contributed by atoms with Crippen LogP contribution in [-0.2, 0) is 29.0 Å². The molecule has 1 aromatic carbocycles. The molecule has 1 unspecified atom stereocenters. The van der Waals surface area contributed by atoms with Gasteiger partial charge in [-0.05, 0) is 29.5 Å². The number of benzene rings is 1. The highest BCUT2D eigenvalue weighted by atomic mass is 16.5. The van der Waals surface area contributed by atoms with Crippen LogP contribution in [0.25, 0.3) is 0 Å². The summed E-state index contributed by atoms with van der Waals surface area (Å²) in [6, 6.07) is 6.59. The van der Waals surface area contributed by atoms with E-state index in [9.17, 15) is 0 Å². The van der Waals surface area contributed by atoms with Crippen LogP contribution in [0.5, 0.6) is 0 Å². The van der Waals surface area contributed by atoms with E-state index in [1.165, 1.54) is 16.7 Å². The number of nitrogens with zero attached hydrogens (tertiary/aromatic N) is 1. The average Bonchev–Trinajstić information content (AvgIpc) is 2.73. The van der Waals surface area contributed by atoms with Gasteiger partial charge in [0, 0.05) is 32.8 Å². The number of fused-ring (bicyclic) bond motifs is 1. The van der Waals surface area contributed by atoms with Crippen molar-refractivity contribution in [2.45, 2.75) is 32.1 Å². The molecule has 2 N–H and O–H groups in total. The van der Waals surface area contributed by atoms with Gasteiger partial charge in [0.05, 0.1) is 19.3 Å². The van der Waals surface area contributed by atoms with Crippen LogP contribution in [-0.4, -0.2) is 43.9 Å². The summed E-state index contributed by atoms with van der Waals surface area (Å²) in [6.45, 7) is 6.09. The van der Waals surface area contributed by atoms with Crippen LogP contribution in [0.4, 0.5) is 0 Å². The van der Waals surface area contributed by atoms with Crippen LogP contribution >= 0.6 is 0 Å². The number of nitrogens with two attached hydrogens (primary N) is 1. The van der Waals surface area contributed by atoms with Crippen molar-refractivity contribution in [1.29, 1.82) is 0 Å². The maximum atomic E-state index is 5.77. The molecule has 4 nitrogen and oxygen atoms in total. The molecule has 2 aliphatic rings. The van der Waals surface area contributed by atoms with Crippen molar-refractivity contribution in [3.05, 3.63) is 34.9 Å². The first kappa shape index (κ1) is 14.0. The highest BCUT2D eigenvalue weighted by molar-refractivity contribution is 5.36. The zero-order chi connectivity index (χ0) is 13.8. The largest absolute Gasteiger partial charge is 0.376 e. The molecule has 0 aromatic heterocycles. The molecule has 4 heteroatoms. The van der Waals surface area contributed by atoms with Crippen LogP contribution < -0.4 is 5.73 Å². The van der Waals surface area contributed by atoms with Crippen molar-refractivity contribution in [1.82, 2.24) is 4.90 Å². The summed E-state index contributed by atoms with van der Waals surface area (Å²) in [5.41, 5.74) is 10.1. The first-order valence-electron chi connectivity index (χ1n) is 7.58. The molecule has 0 amide bonds. The number of hydrogen-bond acceptors (Lipinski definition) is 4. The monoisotopic (exact) mass is 276 g/mol. The minimum Gasteiger partial charge on any atom is -0.376 e. The highest BCUT2D eigenvalue weighted by Gasteiger charge is 2.20. The molecule has 2 aliphatic heterocycles. The lowest BCUT2D eigenvalue weighted by Crippen LogP contribution is -2.36. The second-order valence-corrected chi connectivity index (χ2v) is 5.67. The van der Waals surface area contributed by atoms with Crippen LogP contribution in [0.3, 0.4) is 0 Å². The Morgan fingerprint density at radius 1 is 1.30 bits per heavy atom. The Morgan fingerprint density at radius 3 is 3.15 bits per heavy atom. The standard InChI is InChI=1S/C16H24N2O2/c17-9-15-11-18(6-2-7-20-15)10-13-3-1-4-14-12-19-8-5-16(13)14/h1,3-4,15H,2,5-12,17H2. The molecule has 0 radical (unpaired) electrons. The molecule has 0 spiro atoms. The lowest BCUT2D eigenvalue weighted by molar-refractivity contribution is 0.0595. The van der Waals surface area contributed by atoms with Crippen LogP contribution in [0.1, 0.15) is 23.1 Å². The van der Waals surface area contributed by atoms with Gasteiger partial charge < -0.3 is 15.2 Å². The van der Waals surface area contributed by atoms with Gasteiger partial charge >= 0.3 is 0 Å². The SMILES string of the molecule is NCC1CN(Cc2cccc3c2CCOC3)CCCO1. The Balaban J connectivity index is 1.73. The fraction of sp³-hybridized carbons (Fsp3) is 0.625. The van der Waals surface area contributed by atoms with E-state index in [-0.39, 0.29) is 6.10 Å². The zero-order valence-electron chi connectivity index (χ0n) is 12.0. The summed E-state index contributed by atoms with van der Waals surface area (Å²) in [5.74, 6) is 0. The van der Waals surface area contributed by atoms with E-state index >= 15 is 0 Å². The third kappa shape index (κ3) is 3.20. The van der Waals surface area contributed by atoms with Gasteiger partial charge in [0.2, 0.25) is 0 Å². The Morgan fingerprint density at radius 2 is 2.25 bits per heavy atom. The molecule has 1 atom stereocenters. The molecule has 0 saturated carbocycles. The van der Waals surface area contributed by atoms with Gasteiger partial charge in [-0.3, -0.25) is 4.90 Å².